The SMILES string of the molecule is NC(=O)c1cc2cc(Br)ccc2c(Cl)c1NC(=O)c1cc(Cn2nnc(-c3ccc(C(F)(F)F)cc3)n2)nn1-c1ncccc1Cl. The first-order chi connectivity index (χ1) is 21.9. The lowest BCUT2D eigenvalue weighted by atomic mass is 10.0. The molecule has 0 aliphatic heterocycles. The third-order valence-electron chi connectivity index (χ3n) is 6.70. The molecule has 6 rings (SSSR count). The third kappa shape index (κ3) is 6.16. The van der Waals surface area contributed by atoms with Crippen LogP contribution in [0.3, 0.4) is 0 Å². The fourth-order valence-electron chi connectivity index (χ4n) is 4.57. The average Bonchev–Trinajstić information content (AvgIpc) is 3.66. The van der Waals surface area contributed by atoms with Crippen LogP contribution in [0.1, 0.15) is 32.1 Å². The van der Waals surface area contributed by atoms with E-state index in [2.05, 4.69) is 46.7 Å². The van der Waals surface area contributed by atoms with Crippen LogP contribution in [0.15, 0.2) is 77.4 Å². The Labute approximate surface area is 275 Å². The monoisotopic (exact) mass is 729 g/mol. The number of pyridine rings is 1. The predicted octanol–water partition coefficient (Wildman–Crippen LogP) is 6.56. The number of rotatable bonds is 7. The molecule has 0 unspecified atom stereocenters. The number of nitrogens with zero attached hydrogens (tertiary/aromatic N) is 7. The summed E-state index contributed by atoms with van der Waals surface area (Å²) >= 11 is 16.5. The van der Waals surface area contributed by atoms with Crippen LogP contribution < -0.4 is 11.1 Å². The van der Waals surface area contributed by atoms with E-state index in [0.717, 1.165) is 21.4 Å². The Morgan fingerprint density at radius 1 is 1.00 bits per heavy atom. The highest BCUT2D eigenvalue weighted by atomic mass is 79.9. The molecule has 0 saturated carbocycles. The van der Waals surface area contributed by atoms with E-state index in [1.54, 1.807) is 30.3 Å². The van der Waals surface area contributed by atoms with Crippen molar-refractivity contribution in [3.63, 3.8) is 0 Å². The Morgan fingerprint density at radius 2 is 1.76 bits per heavy atom. The summed E-state index contributed by atoms with van der Waals surface area (Å²) in [4.78, 5) is 31.6. The van der Waals surface area contributed by atoms with Crippen molar-refractivity contribution in [1.82, 2.24) is 35.0 Å². The number of carbonyl (C=O) groups is 2. The molecule has 3 aromatic carbocycles. The lowest BCUT2D eigenvalue weighted by Crippen LogP contribution is -2.21. The molecule has 0 atom stereocenters. The van der Waals surface area contributed by atoms with E-state index in [-0.39, 0.29) is 50.9 Å². The first-order valence-corrected chi connectivity index (χ1v) is 14.6. The van der Waals surface area contributed by atoms with Crippen LogP contribution in [0.2, 0.25) is 10.0 Å². The van der Waals surface area contributed by atoms with E-state index in [1.165, 1.54) is 35.1 Å². The Bertz CT molecular complexity index is 2150. The summed E-state index contributed by atoms with van der Waals surface area (Å²) in [5.74, 6) is -1.33. The summed E-state index contributed by atoms with van der Waals surface area (Å²) in [5, 5.41) is 20.8. The number of aromatic nitrogens is 7. The molecule has 0 bridgehead atoms. The van der Waals surface area contributed by atoms with Gasteiger partial charge in [-0.15, -0.1) is 10.2 Å². The molecule has 6 aromatic rings. The smallest absolute Gasteiger partial charge is 0.366 e. The highest BCUT2D eigenvalue weighted by Crippen LogP contribution is 2.36. The first kappa shape index (κ1) is 31.1. The molecule has 0 radical (unpaired) electrons. The number of carbonyl (C=O) groups excluding carboxylic acids is 2. The molecule has 0 aliphatic carbocycles. The topological polar surface area (TPSA) is 146 Å². The number of halogens is 6. The van der Waals surface area contributed by atoms with Crippen LogP contribution in [0, 0.1) is 0 Å². The van der Waals surface area contributed by atoms with Crippen LogP contribution in [-0.4, -0.2) is 46.8 Å². The highest BCUT2D eigenvalue weighted by Gasteiger charge is 2.30. The third-order valence-corrected chi connectivity index (χ3v) is 7.88. The molecule has 11 nitrogen and oxygen atoms in total. The minimum Gasteiger partial charge on any atom is -0.366 e. The van der Waals surface area contributed by atoms with E-state index in [0.29, 0.717) is 16.3 Å². The molecule has 17 heteroatoms. The quantitative estimate of drug-likeness (QED) is 0.189. The maximum absolute atomic E-state index is 13.8. The molecule has 2 amide bonds. The summed E-state index contributed by atoms with van der Waals surface area (Å²) in [5.41, 5.74) is 5.36. The average molecular weight is 731 g/mol. The molecule has 3 N–H and O–H groups in total. The predicted molar refractivity (Wildman–Crippen MR) is 167 cm³/mol. The Balaban J connectivity index is 1.35. The zero-order valence-corrected chi connectivity index (χ0v) is 26.0. The van der Waals surface area contributed by atoms with Gasteiger partial charge in [-0.25, -0.2) is 9.67 Å². The second-order valence-electron chi connectivity index (χ2n) is 9.76. The lowest BCUT2D eigenvalue weighted by molar-refractivity contribution is -0.137. The number of hydrogen-bond acceptors (Lipinski definition) is 7. The summed E-state index contributed by atoms with van der Waals surface area (Å²) in [6, 6.07) is 15.7. The van der Waals surface area contributed by atoms with Crippen molar-refractivity contribution in [2.24, 2.45) is 5.73 Å². The molecule has 0 aliphatic rings. The highest BCUT2D eigenvalue weighted by molar-refractivity contribution is 9.10. The number of nitrogens with one attached hydrogen (secondary N) is 1. The van der Waals surface area contributed by atoms with Crippen molar-refractivity contribution in [1.29, 1.82) is 0 Å². The van der Waals surface area contributed by atoms with Gasteiger partial charge in [0.25, 0.3) is 11.8 Å². The fraction of sp³-hybridized carbons (Fsp3) is 0.0690. The van der Waals surface area contributed by atoms with E-state index in [1.807, 2.05) is 0 Å². The summed E-state index contributed by atoms with van der Waals surface area (Å²) < 4.78 is 40.8. The number of nitrogens with two attached hydrogens (primary N) is 1. The number of anilines is 1. The van der Waals surface area contributed by atoms with Crippen LogP contribution in [0.25, 0.3) is 28.0 Å². The van der Waals surface area contributed by atoms with Crippen molar-refractivity contribution in [3.05, 3.63) is 110 Å². The Kier molecular flexibility index (Phi) is 8.22. The Morgan fingerprint density at radius 3 is 2.46 bits per heavy atom. The van der Waals surface area contributed by atoms with Gasteiger partial charge in [-0.1, -0.05) is 57.3 Å². The molecular weight excluding hydrogens is 714 g/mol. The normalized spacial score (nSPS) is 11.6. The molecule has 3 aromatic heterocycles. The standard InChI is InChI=1S/C29H17BrCl2F3N9O2/c30-17-7-8-19-15(10-17)11-20(25(36)45)24(23(19)32)38-28(46)22-12-18(40-44(22)27-21(31)2-1-9-37-27)13-43-41-26(39-42-43)14-3-5-16(6-4-14)29(33,34)35/h1-12H,13H2,(H2,36,45)(H,38,46). The number of amides is 2. The zero-order valence-electron chi connectivity index (χ0n) is 22.9. The number of tetrazole rings is 1. The van der Waals surface area contributed by atoms with Crippen LogP contribution >= 0.6 is 39.1 Å². The largest absolute Gasteiger partial charge is 0.416 e. The van der Waals surface area contributed by atoms with Crippen LogP contribution in [0.4, 0.5) is 18.9 Å². The summed E-state index contributed by atoms with van der Waals surface area (Å²) in [7, 11) is 0. The van der Waals surface area contributed by atoms with Gasteiger partial charge in [-0.2, -0.15) is 23.1 Å². The van der Waals surface area contributed by atoms with Gasteiger partial charge in [0.05, 0.1) is 32.6 Å². The van der Waals surface area contributed by atoms with Crippen LogP contribution in [-0.2, 0) is 12.7 Å². The van der Waals surface area contributed by atoms with Crippen molar-refractivity contribution in [2.75, 3.05) is 5.32 Å². The maximum atomic E-state index is 13.8. The van der Waals surface area contributed by atoms with Gasteiger partial charge in [0.1, 0.15) is 12.2 Å². The zero-order chi connectivity index (χ0) is 32.7. The number of fused-ring (bicyclic) bond motifs is 1. The summed E-state index contributed by atoms with van der Waals surface area (Å²) in [6.45, 7) is -0.0937. The maximum Gasteiger partial charge on any atom is 0.416 e. The second kappa shape index (κ2) is 12.2. The second-order valence-corrected chi connectivity index (χ2v) is 11.5. The van der Waals surface area contributed by atoms with Crippen molar-refractivity contribution in [3.8, 4) is 17.2 Å². The molecular formula is C29H17BrCl2F3N9O2. The molecule has 0 saturated heterocycles. The van der Waals surface area contributed by atoms with Gasteiger partial charge in [-0.05, 0) is 59.1 Å². The number of alkyl halides is 3. The molecule has 3 heterocycles. The van der Waals surface area contributed by atoms with Gasteiger partial charge in [0.2, 0.25) is 5.82 Å². The number of hydrogen-bond donors (Lipinski definition) is 2. The van der Waals surface area contributed by atoms with Gasteiger partial charge in [-0.3, -0.25) is 9.59 Å². The van der Waals surface area contributed by atoms with Crippen molar-refractivity contribution < 1.29 is 22.8 Å². The van der Waals surface area contributed by atoms with E-state index in [4.69, 9.17) is 28.9 Å². The van der Waals surface area contributed by atoms with Gasteiger partial charge >= 0.3 is 6.18 Å². The number of primary amides is 1. The van der Waals surface area contributed by atoms with Crippen molar-refractivity contribution >= 4 is 67.4 Å². The van der Waals surface area contributed by atoms with E-state index < -0.39 is 23.6 Å². The van der Waals surface area contributed by atoms with Crippen LogP contribution in [0.5, 0.6) is 0 Å². The Hall–Kier alpha value is -4.86. The molecule has 0 spiro atoms. The minimum absolute atomic E-state index is 0.00506. The fourth-order valence-corrected chi connectivity index (χ4v) is 5.47. The van der Waals surface area contributed by atoms with Crippen molar-refractivity contribution in [2.45, 2.75) is 12.7 Å². The van der Waals surface area contributed by atoms with Gasteiger partial charge < -0.3 is 11.1 Å². The molecule has 232 valence electrons. The molecule has 46 heavy (non-hydrogen) atoms. The van der Waals surface area contributed by atoms with Gasteiger partial charge in [0, 0.05) is 21.6 Å². The summed E-state index contributed by atoms with van der Waals surface area (Å²) in [6.07, 6.45) is -3.02. The molecule has 0 fully saturated rings. The first-order valence-electron chi connectivity index (χ1n) is 13.1. The number of benzene rings is 3. The van der Waals surface area contributed by atoms with E-state index in [9.17, 15) is 22.8 Å². The van der Waals surface area contributed by atoms with Gasteiger partial charge in [0.15, 0.2) is 5.82 Å². The van der Waals surface area contributed by atoms with E-state index >= 15 is 0 Å². The lowest BCUT2D eigenvalue weighted by Gasteiger charge is -2.14. The minimum atomic E-state index is -4.48.